The Morgan fingerprint density at radius 2 is 0.556 bits per heavy atom. The summed E-state index contributed by atoms with van der Waals surface area (Å²) in [5.41, 5.74) is 23.9. The molecule has 0 bridgehead atoms. The lowest BCUT2D eigenvalue weighted by atomic mass is 9.85. The van der Waals surface area contributed by atoms with E-state index < -0.39 is 8.07 Å². The molecule has 0 amide bonds. The minimum atomic E-state index is -3.00. The Labute approximate surface area is 480 Å². The molecule has 0 spiro atoms. The fourth-order valence-electron chi connectivity index (χ4n) is 13.9. The van der Waals surface area contributed by atoms with Crippen LogP contribution in [0.3, 0.4) is 0 Å². The Morgan fingerprint density at radius 1 is 0.272 bits per heavy atom. The summed E-state index contributed by atoms with van der Waals surface area (Å²) < 4.78 is 5.05. The van der Waals surface area contributed by atoms with E-state index in [4.69, 9.17) is 0 Å². The largest absolute Gasteiger partial charge is 0.309 e. The van der Waals surface area contributed by atoms with Crippen LogP contribution < -0.4 is 20.7 Å². The van der Waals surface area contributed by atoms with Crippen molar-refractivity contribution in [3.8, 4) is 33.6 Å². The first kappa shape index (κ1) is 51.2. The minimum Gasteiger partial charge on any atom is -0.309 e. The van der Waals surface area contributed by atoms with E-state index in [1.165, 1.54) is 142 Å². The Hall–Kier alpha value is -7.98. The number of aromatic nitrogens is 2. The third-order valence-corrected chi connectivity index (χ3v) is 23.3. The van der Waals surface area contributed by atoms with Gasteiger partial charge in [-0.1, -0.05) is 217 Å². The standard InChI is InChI=1S/C78H74N2Si/c1-75(2,3)53-27-35-71-67(41-53)68-42-54(76(4,5)6)28-36-72(68)79(71)57-31-23-49-39-51-25-33-61(47-65(51)63(49)45-57)81(59-19-15-13-16-20-59,60-21-17-14-18-22-60)62-34-26-52-40-50-24-32-58(46-64(50)66(52)48-62)80-73-37-29-55(77(7,8)9)43-69(73)70-44-56(78(10,11)12)30-38-74(70)80/h13-38,41-48H,39-40H2,1-12H3. The number of hydrogen-bond donors (Lipinski definition) is 0. The van der Waals surface area contributed by atoms with Crippen molar-refractivity contribution in [2.75, 3.05) is 0 Å². The Bertz CT molecular complexity index is 4100. The highest BCUT2D eigenvalue weighted by Gasteiger charge is 2.43. The SMILES string of the molecule is CC(C)(C)c1ccc2c(c1)c1cc(C(C)(C)C)ccc1n2-c1ccc2c(c1)-c1cc([Si](c3ccccc3)(c3ccccc3)c3ccc4c(c3)-c3cc(-n5c6ccc(C(C)(C)C)cc6c6cc(C(C)(C)C)ccc65)ccc3C4)ccc1C2. The van der Waals surface area contributed by atoms with Gasteiger partial charge in [0.25, 0.3) is 0 Å². The summed E-state index contributed by atoms with van der Waals surface area (Å²) in [5, 5.41) is 10.8. The first-order valence-electron chi connectivity index (χ1n) is 29.5. The lowest BCUT2D eigenvalue weighted by Gasteiger charge is -2.35. The molecule has 0 unspecified atom stereocenters. The van der Waals surface area contributed by atoms with Crippen molar-refractivity contribution >= 4 is 72.4 Å². The molecule has 3 heteroatoms. The van der Waals surface area contributed by atoms with Crippen LogP contribution in [0, 0.1) is 0 Å². The van der Waals surface area contributed by atoms with Crippen molar-refractivity contribution in [2.45, 2.75) is 118 Å². The third kappa shape index (κ3) is 8.16. The second kappa shape index (κ2) is 18.0. The van der Waals surface area contributed by atoms with E-state index in [0.717, 1.165) is 12.8 Å². The van der Waals surface area contributed by atoms with Crippen molar-refractivity contribution in [1.29, 1.82) is 0 Å². The molecule has 2 aromatic heterocycles. The molecule has 0 fully saturated rings. The van der Waals surface area contributed by atoms with Gasteiger partial charge in [0, 0.05) is 32.9 Å². The Kier molecular flexibility index (Phi) is 11.4. The van der Waals surface area contributed by atoms with Crippen LogP contribution in [0.5, 0.6) is 0 Å². The number of rotatable bonds is 6. The lowest BCUT2D eigenvalue weighted by Crippen LogP contribution is -2.74. The molecule has 0 N–H and O–H groups in total. The summed E-state index contributed by atoms with van der Waals surface area (Å²) in [6, 6.07) is 81.5. The highest BCUT2D eigenvalue weighted by Crippen LogP contribution is 2.44. The van der Waals surface area contributed by atoms with E-state index >= 15 is 0 Å². The van der Waals surface area contributed by atoms with Gasteiger partial charge in [0.1, 0.15) is 0 Å². The van der Waals surface area contributed by atoms with Crippen molar-refractivity contribution in [2.24, 2.45) is 0 Å². The van der Waals surface area contributed by atoms with Gasteiger partial charge in [0.05, 0.1) is 22.1 Å². The third-order valence-electron chi connectivity index (χ3n) is 18.5. The average molecular weight is 1070 g/mol. The maximum absolute atomic E-state index is 3.00. The molecule has 2 heterocycles. The molecule has 0 atom stereocenters. The van der Waals surface area contributed by atoms with Crippen LogP contribution in [0.25, 0.3) is 77.2 Å². The van der Waals surface area contributed by atoms with Crippen LogP contribution in [0.1, 0.15) is 128 Å². The zero-order valence-electron chi connectivity index (χ0n) is 49.4. The molecular formula is C78H74N2Si. The summed E-state index contributed by atoms with van der Waals surface area (Å²) in [6.07, 6.45) is 1.85. The van der Waals surface area contributed by atoms with Gasteiger partial charge < -0.3 is 9.13 Å². The van der Waals surface area contributed by atoms with E-state index in [2.05, 4.69) is 298 Å². The van der Waals surface area contributed by atoms with Crippen molar-refractivity contribution < 1.29 is 0 Å². The highest BCUT2D eigenvalue weighted by molar-refractivity contribution is 7.20. The van der Waals surface area contributed by atoms with Gasteiger partial charge in [-0.15, -0.1) is 0 Å². The van der Waals surface area contributed by atoms with Gasteiger partial charge in [-0.3, -0.25) is 0 Å². The maximum Gasteiger partial charge on any atom is 0.179 e. The minimum absolute atomic E-state index is 0.0357. The molecule has 14 rings (SSSR count). The predicted octanol–water partition coefficient (Wildman–Crippen LogP) is 17.6. The zero-order valence-corrected chi connectivity index (χ0v) is 50.4. The molecule has 2 nitrogen and oxygen atoms in total. The van der Waals surface area contributed by atoms with Gasteiger partial charge in [-0.25, -0.2) is 0 Å². The molecule has 12 aromatic rings. The van der Waals surface area contributed by atoms with Gasteiger partial charge in [-0.2, -0.15) is 0 Å². The quantitative estimate of drug-likeness (QED) is 0.116. The molecule has 81 heavy (non-hydrogen) atoms. The summed E-state index contributed by atoms with van der Waals surface area (Å²) in [5.74, 6) is 0. The van der Waals surface area contributed by atoms with E-state index in [-0.39, 0.29) is 21.7 Å². The normalized spacial score (nSPS) is 13.6. The van der Waals surface area contributed by atoms with Gasteiger partial charge >= 0.3 is 0 Å². The van der Waals surface area contributed by atoms with Gasteiger partial charge in [0.2, 0.25) is 0 Å². The van der Waals surface area contributed by atoms with Crippen LogP contribution >= 0.6 is 0 Å². The molecule has 0 radical (unpaired) electrons. The average Bonchev–Trinajstić information content (AvgIpc) is 4.43. The second-order valence-corrected chi connectivity index (χ2v) is 31.7. The summed E-state index contributed by atoms with van der Waals surface area (Å²) in [6.45, 7) is 27.9. The Morgan fingerprint density at radius 3 is 0.852 bits per heavy atom. The fourth-order valence-corrected chi connectivity index (χ4v) is 18.7. The van der Waals surface area contributed by atoms with E-state index in [0.29, 0.717) is 0 Å². The van der Waals surface area contributed by atoms with Crippen LogP contribution in [-0.4, -0.2) is 17.2 Å². The highest BCUT2D eigenvalue weighted by atomic mass is 28.3. The van der Waals surface area contributed by atoms with Crippen molar-refractivity contribution in [1.82, 2.24) is 9.13 Å². The van der Waals surface area contributed by atoms with Crippen LogP contribution in [0.2, 0.25) is 0 Å². The van der Waals surface area contributed by atoms with E-state index in [1.54, 1.807) is 0 Å². The smallest absolute Gasteiger partial charge is 0.179 e. The van der Waals surface area contributed by atoms with Crippen LogP contribution in [0.15, 0.2) is 206 Å². The second-order valence-electron chi connectivity index (χ2n) is 27.9. The molecule has 2 aliphatic rings. The zero-order chi connectivity index (χ0) is 56.1. The fraction of sp³-hybridized carbons (Fsp3) is 0.231. The molecule has 2 aliphatic carbocycles. The number of fused-ring (bicyclic) bond motifs is 12. The predicted molar refractivity (Wildman–Crippen MR) is 350 cm³/mol. The molecule has 0 saturated heterocycles. The van der Waals surface area contributed by atoms with Crippen molar-refractivity contribution in [3.05, 3.63) is 251 Å². The summed E-state index contributed by atoms with van der Waals surface area (Å²) in [7, 11) is -3.00. The lowest BCUT2D eigenvalue weighted by molar-refractivity contribution is 0.590. The van der Waals surface area contributed by atoms with Gasteiger partial charge in [0.15, 0.2) is 8.07 Å². The molecule has 0 saturated carbocycles. The van der Waals surface area contributed by atoms with Crippen LogP contribution in [0.4, 0.5) is 0 Å². The number of benzene rings is 10. The molecular weight excluding hydrogens is 993 g/mol. The van der Waals surface area contributed by atoms with E-state index in [1.807, 2.05) is 0 Å². The molecule has 400 valence electrons. The monoisotopic (exact) mass is 1070 g/mol. The van der Waals surface area contributed by atoms with Crippen molar-refractivity contribution in [3.63, 3.8) is 0 Å². The first-order valence-corrected chi connectivity index (χ1v) is 31.5. The molecule has 10 aromatic carbocycles. The first-order chi connectivity index (χ1) is 38.6. The van der Waals surface area contributed by atoms with E-state index in [9.17, 15) is 0 Å². The number of nitrogens with zero attached hydrogens (tertiary/aromatic N) is 2. The number of hydrogen-bond acceptors (Lipinski definition) is 0. The maximum atomic E-state index is 2.62. The Balaban J connectivity index is 0.942. The summed E-state index contributed by atoms with van der Waals surface area (Å²) in [4.78, 5) is 0. The van der Waals surface area contributed by atoms with Crippen LogP contribution in [-0.2, 0) is 34.5 Å². The topological polar surface area (TPSA) is 9.86 Å². The van der Waals surface area contributed by atoms with Gasteiger partial charge in [-0.05, 0) is 195 Å². The molecule has 0 aliphatic heterocycles. The summed E-state index contributed by atoms with van der Waals surface area (Å²) >= 11 is 0.